The minimum atomic E-state index is -0.245. The number of fused-ring (bicyclic) bond motifs is 1. The molecule has 4 rings (SSSR count). The topological polar surface area (TPSA) is 55.5 Å². The average molecular weight is 399 g/mol. The Morgan fingerprint density at radius 1 is 0.966 bits per heavy atom. The number of rotatable bonds is 6. The Labute approximate surface area is 169 Å². The van der Waals surface area contributed by atoms with E-state index >= 15 is 0 Å². The normalized spacial score (nSPS) is 21.4. The van der Waals surface area contributed by atoms with E-state index in [0.717, 1.165) is 50.6 Å². The molecule has 2 aliphatic rings. The van der Waals surface area contributed by atoms with E-state index in [9.17, 15) is 14.0 Å². The maximum Gasteiger partial charge on any atom is 0.261 e. The van der Waals surface area contributed by atoms with Crippen molar-refractivity contribution in [3.8, 4) is 5.75 Å². The van der Waals surface area contributed by atoms with Gasteiger partial charge in [0.1, 0.15) is 44.3 Å². The second-order valence-corrected chi connectivity index (χ2v) is 7.69. The molecule has 0 spiro atoms. The minimum Gasteiger partial charge on any atom is -0.496 e. The molecule has 2 N–H and O–H groups in total. The van der Waals surface area contributed by atoms with Gasteiger partial charge in [-0.3, -0.25) is 14.5 Å². The van der Waals surface area contributed by atoms with Crippen LogP contribution in [0.25, 0.3) is 0 Å². The second kappa shape index (κ2) is 8.31. The third-order valence-corrected chi connectivity index (χ3v) is 5.91. The molecule has 2 aliphatic heterocycles. The molecule has 0 bridgehead atoms. The fraction of sp³-hybridized carbons (Fsp3) is 0.364. The van der Waals surface area contributed by atoms with Crippen LogP contribution in [-0.4, -0.2) is 63.1 Å². The Morgan fingerprint density at radius 3 is 2.21 bits per heavy atom. The zero-order valence-corrected chi connectivity index (χ0v) is 16.5. The Balaban J connectivity index is 1.29. The number of amides is 2. The first kappa shape index (κ1) is 19.5. The maximum absolute atomic E-state index is 13.6. The number of hydrogen-bond acceptors (Lipinski definition) is 3. The van der Waals surface area contributed by atoms with E-state index in [-0.39, 0.29) is 17.6 Å². The fourth-order valence-electron chi connectivity index (χ4n) is 4.25. The Morgan fingerprint density at radius 2 is 1.59 bits per heavy atom. The number of piperazine rings is 1. The summed E-state index contributed by atoms with van der Waals surface area (Å²) in [5.74, 6) is 0.102. The first-order valence-electron chi connectivity index (χ1n) is 10.0. The van der Waals surface area contributed by atoms with Gasteiger partial charge in [0.25, 0.3) is 11.8 Å². The highest BCUT2D eigenvalue weighted by Gasteiger charge is 2.36. The summed E-state index contributed by atoms with van der Waals surface area (Å²) in [6.07, 6.45) is 0. The molecule has 6 nitrogen and oxygen atoms in total. The Kier molecular flexibility index (Phi) is 5.60. The van der Waals surface area contributed by atoms with E-state index in [2.05, 4.69) is 0 Å². The monoisotopic (exact) mass is 399 g/mol. The van der Waals surface area contributed by atoms with Crippen LogP contribution in [0.5, 0.6) is 5.75 Å². The van der Waals surface area contributed by atoms with Crippen molar-refractivity contribution in [2.24, 2.45) is 0 Å². The van der Waals surface area contributed by atoms with Gasteiger partial charge >= 0.3 is 0 Å². The highest BCUT2D eigenvalue weighted by Crippen LogP contribution is 2.21. The quantitative estimate of drug-likeness (QED) is 0.639. The number of carbonyl (C=O) groups excluding carboxylic acids is 2. The molecule has 1 fully saturated rings. The van der Waals surface area contributed by atoms with Crippen molar-refractivity contribution in [1.82, 2.24) is 4.90 Å². The molecule has 0 aliphatic carbocycles. The van der Waals surface area contributed by atoms with Crippen LogP contribution < -0.4 is 14.5 Å². The third kappa shape index (κ3) is 4.02. The number of benzene rings is 2. The van der Waals surface area contributed by atoms with Crippen molar-refractivity contribution in [2.75, 3.05) is 46.4 Å². The molecule has 2 aromatic rings. The molecule has 2 heterocycles. The molecule has 0 aromatic heterocycles. The lowest BCUT2D eigenvalue weighted by Gasteiger charge is -2.30. The van der Waals surface area contributed by atoms with Crippen LogP contribution in [0.1, 0.15) is 26.3 Å². The fourth-order valence-corrected chi connectivity index (χ4v) is 4.25. The zero-order chi connectivity index (χ0) is 20.4. The van der Waals surface area contributed by atoms with Crippen molar-refractivity contribution in [3.05, 3.63) is 65.0 Å². The number of hydrogen-bond donors (Lipinski definition) is 2. The van der Waals surface area contributed by atoms with Crippen LogP contribution in [0.15, 0.2) is 42.5 Å². The van der Waals surface area contributed by atoms with Crippen molar-refractivity contribution < 1.29 is 28.5 Å². The number of halogens is 1. The van der Waals surface area contributed by atoms with E-state index in [1.165, 1.54) is 20.8 Å². The van der Waals surface area contributed by atoms with Crippen LogP contribution in [0.2, 0.25) is 0 Å². The molecule has 152 valence electrons. The summed E-state index contributed by atoms with van der Waals surface area (Å²) in [6, 6.07) is 11.6. The summed E-state index contributed by atoms with van der Waals surface area (Å²) in [7, 11) is 1.60. The van der Waals surface area contributed by atoms with E-state index in [0.29, 0.717) is 17.7 Å². The molecule has 2 aromatic carbocycles. The van der Waals surface area contributed by atoms with Gasteiger partial charge < -0.3 is 14.5 Å². The van der Waals surface area contributed by atoms with Gasteiger partial charge in [-0.25, -0.2) is 4.39 Å². The molecule has 1 saturated heterocycles. The number of quaternary nitrogens is 2. The largest absolute Gasteiger partial charge is 0.496 e. The highest BCUT2D eigenvalue weighted by molar-refractivity contribution is 6.21. The van der Waals surface area contributed by atoms with E-state index in [4.69, 9.17) is 4.74 Å². The number of nitrogens with zero attached hydrogens (tertiary/aromatic N) is 1. The van der Waals surface area contributed by atoms with Crippen LogP contribution in [-0.2, 0) is 6.54 Å². The van der Waals surface area contributed by atoms with Crippen molar-refractivity contribution >= 4 is 11.8 Å². The molecule has 7 heteroatoms. The lowest BCUT2D eigenvalue weighted by molar-refractivity contribution is -1.02. The molecule has 0 unspecified atom stereocenters. The van der Waals surface area contributed by atoms with E-state index in [1.807, 2.05) is 0 Å². The van der Waals surface area contributed by atoms with Gasteiger partial charge in [-0.15, -0.1) is 0 Å². The van der Waals surface area contributed by atoms with Crippen LogP contribution in [0.3, 0.4) is 0 Å². The van der Waals surface area contributed by atoms with Gasteiger partial charge in [-0.2, -0.15) is 0 Å². The van der Waals surface area contributed by atoms with Gasteiger partial charge in [-0.05, 0) is 30.3 Å². The lowest BCUT2D eigenvalue weighted by Crippen LogP contribution is -3.27. The predicted octanol–water partition coefficient (Wildman–Crippen LogP) is -0.586. The third-order valence-electron chi connectivity index (χ3n) is 5.91. The number of imide groups is 1. The van der Waals surface area contributed by atoms with E-state index < -0.39 is 0 Å². The first-order valence-corrected chi connectivity index (χ1v) is 10.0. The Bertz CT molecular complexity index is 890. The lowest BCUT2D eigenvalue weighted by atomic mass is 10.1. The SMILES string of the molecule is COc1ccc(F)cc1C[NH+]1CC[NH+](CCN2C(=O)c3ccccc3C2=O)CC1. The van der Waals surface area contributed by atoms with Crippen molar-refractivity contribution in [1.29, 1.82) is 0 Å². The number of nitrogens with one attached hydrogen (secondary N) is 2. The average Bonchev–Trinajstić information content (AvgIpc) is 2.98. The van der Waals surface area contributed by atoms with Gasteiger partial charge in [0, 0.05) is 0 Å². The molecular formula is C22H26FN3O3+2. The number of methoxy groups -OCH3 is 1. The highest BCUT2D eigenvalue weighted by atomic mass is 19.1. The zero-order valence-electron chi connectivity index (χ0n) is 16.5. The van der Waals surface area contributed by atoms with Gasteiger partial charge in [0.05, 0.1) is 36.9 Å². The van der Waals surface area contributed by atoms with Crippen LogP contribution in [0, 0.1) is 5.82 Å². The molecule has 29 heavy (non-hydrogen) atoms. The van der Waals surface area contributed by atoms with Gasteiger partial charge in [0.15, 0.2) is 0 Å². The minimum absolute atomic E-state index is 0.188. The van der Waals surface area contributed by atoms with Crippen molar-refractivity contribution in [2.45, 2.75) is 6.54 Å². The smallest absolute Gasteiger partial charge is 0.261 e. The number of ether oxygens (including phenoxy) is 1. The maximum atomic E-state index is 13.6. The first-order chi connectivity index (χ1) is 14.1. The van der Waals surface area contributed by atoms with Crippen LogP contribution in [0.4, 0.5) is 4.39 Å². The predicted molar refractivity (Wildman–Crippen MR) is 105 cm³/mol. The summed E-state index contributed by atoms with van der Waals surface area (Å²) in [4.78, 5) is 29.1. The van der Waals surface area contributed by atoms with Gasteiger partial charge in [0.2, 0.25) is 0 Å². The summed E-state index contributed by atoms with van der Waals surface area (Å²) < 4.78 is 18.9. The summed E-state index contributed by atoms with van der Waals surface area (Å²) in [5.41, 5.74) is 1.90. The Hall–Kier alpha value is -2.77. The summed E-state index contributed by atoms with van der Waals surface area (Å²) in [6.45, 7) is 5.74. The summed E-state index contributed by atoms with van der Waals surface area (Å²) >= 11 is 0. The summed E-state index contributed by atoms with van der Waals surface area (Å²) in [5, 5.41) is 0. The van der Waals surface area contributed by atoms with E-state index in [1.54, 1.807) is 43.5 Å². The second-order valence-electron chi connectivity index (χ2n) is 7.69. The standard InChI is InChI=1S/C22H24FN3O3/c1-29-20-7-6-17(23)14-16(20)15-25-10-8-24(9-11-25)12-13-26-21(27)18-4-2-3-5-19(18)22(26)28/h2-7,14H,8-13,15H2,1H3/p+2. The van der Waals surface area contributed by atoms with Crippen molar-refractivity contribution in [3.63, 3.8) is 0 Å². The number of carbonyl (C=O) groups is 2. The molecule has 0 saturated carbocycles. The molecule has 0 radical (unpaired) electrons. The van der Waals surface area contributed by atoms with Gasteiger partial charge in [-0.1, -0.05) is 12.1 Å². The molecular weight excluding hydrogens is 373 g/mol. The molecule has 2 amide bonds. The van der Waals surface area contributed by atoms with Crippen LogP contribution >= 0.6 is 0 Å². The molecule has 0 atom stereocenters.